The molecule has 1 atom stereocenters. The summed E-state index contributed by atoms with van der Waals surface area (Å²) >= 11 is 0. The molecule has 2 heterocycles. The summed E-state index contributed by atoms with van der Waals surface area (Å²) in [5, 5.41) is 12.0. The first-order chi connectivity index (χ1) is 7.65. The molecule has 5 nitrogen and oxygen atoms in total. The maximum atomic E-state index is 10.6. The minimum absolute atomic E-state index is 0.000315. The largest absolute Gasteiger partial charge is 0.475 e. The number of carboxylic acids is 1. The summed E-state index contributed by atoms with van der Waals surface area (Å²) in [7, 11) is 2.09. The van der Waals surface area contributed by atoms with Crippen LogP contribution < -0.4 is 5.32 Å². The van der Waals surface area contributed by atoms with Gasteiger partial charge in [0, 0.05) is 12.6 Å². The van der Waals surface area contributed by atoms with Crippen molar-refractivity contribution < 1.29 is 14.3 Å². The van der Waals surface area contributed by atoms with Gasteiger partial charge < -0.3 is 19.7 Å². The average Bonchev–Trinajstić information content (AvgIpc) is 2.83. The van der Waals surface area contributed by atoms with E-state index in [1.165, 1.54) is 6.07 Å². The number of nitrogens with one attached hydrogen (secondary N) is 1. The SMILES string of the molecule is CN1CCC(NCc2ccc(C(=O)O)o2)C1. The number of hydrogen-bond donors (Lipinski definition) is 2. The summed E-state index contributed by atoms with van der Waals surface area (Å²) < 4.78 is 5.16. The van der Waals surface area contributed by atoms with Gasteiger partial charge in [-0.2, -0.15) is 0 Å². The predicted octanol–water partition coefficient (Wildman–Crippen LogP) is 0.771. The third-order valence-electron chi connectivity index (χ3n) is 2.83. The summed E-state index contributed by atoms with van der Waals surface area (Å²) in [5.41, 5.74) is 0. The zero-order valence-electron chi connectivity index (χ0n) is 9.27. The molecule has 16 heavy (non-hydrogen) atoms. The fourth-order valence-electron chi connectivity index (χ4n) is 1.93. The first-order valence-electron chi connectivity index (χ1n) is 5.39. The van der Waals surface area contributed by atoms with Crippen LogP contribution in [-0.4, -0.2) is 42.2 Å². The van der Waals surface area contributed by atoms with Crippen molar-refractivity contribution in [2.75, 3.05) is 20.1 Å². The Balaban J connectivity index is 1.83. The lowest BCUT2D eigenvalue weighted by Gasteiger charge is -2.11. The Kier molecular flexibility index (Phi) is 3.26. The Morgan fingerprint density at radius 2 is 2.50 bits per heavy atom. The van der Waals surface area contributed by atoms with Crippen molar-refractivity contribution in [2.45, 2.75) is 19.0 Å². The molecule has 0 aliphatic carbocycles. The predicted molar refractivity (Wildman–Crippen MR) is 58.4 cm³/mol. The molecule has 1 aliphatic rings. The quantitative estimate of drug-likeness (QED) is 0.791. The highest BCUT2D eigenvalue weighted by Crippen LogP contribution is 2.10. The third-order valence-corrected chi connectivity index (χ3v) is 2.83. The molecule has 2 N–H and O–H groups in total. The molecule has 1 aromatic rings. The maximum absolute atomic E-state index is 10.6. The Labute approximate surface area is 94.0 Å². The van der Waals surface area contributed by atoms with Crippen molar-refractivity contribution in [1.29, 1.82) is 0 Å². The van der Waals surface area contributed by atoms with Crippen LogP contribution in [0.15, 0.2) is 16.5 Å². The van der Waals surface area contributed by atoms with E-state index in [2.05, 4.69) is 17.3 Å². The van der Waals surface area contributed by atoms with Crippen LogP contribution in [0.5, 0.6) is 0 Å². The molecule has 1 saturated heterocycles. The molecule has 0 spiro atoms. The summed E-state index contributed by atoms with van der Waals surface area (Å²) in [4.78, 5) is 12.9. The highest BCUT2D eigenvalue weighted by Gasteiger charge is 2.19. The van der Waals surface area contributed by atoms with Crippen LogP contribution in [0.1, 0.15) is 22.7 Å². The Morgan fingerprint density at radius 1 is 1.69 bits per heavy atom. The highest BCUT2D eigenvalue weighted by atomic mass is 16.4. The maximum Gasteiger partial charge on any atom is 0.371 e. The van der Waals surface area contributed by atoms with E-state index in [9.17, 15) is 4.79 Å². The van der Waals surface area contributed by atoms with E-state index in [0.29, 0.717) is 18.3 Å². The van der Waals surface area contributed by atoms with Crippen molar-refractivity contribution in [1.82, 2.24) is 10.2 Å². The second-order valence-corrected chi connectivity index (χ2v) is 4.20. The fraction of sp³-hybridized carbons (Fsp3) is 0.545. The van der Waals surface area contributed by atoms with Crippen LogP contribution in [-0.2, 0) is 6.54 Å². The van der Waals surface area contributed by atoms with Crippen molar-refractivity contribution in [3.63, 3.8) is 0 Å². The smallest absolute Gasteiger partial charge is 0.371 e. The topological polar surface area (TPSA) is 65.7 Å². The molecule has 5 heteroatoms. The van der Waals surface area contributed by atoms with Gasteiger partial charge in [-0.05, 0) is 32.1 Å². The van der Waals surface area contributed by atoms with Gasteiger partial charge in [-0.25, -0.2) is 4.79 Å². The molecule has 0 amide bonds. The number of furan rings is 1. The van der Waals surface area contributed by atoms with E-state index in [0.717, 1.165) is 19.5 Å². The number of hydrogen-bond acceptors (Lipinski definition) is 4. The zero-order valence-corrected chi connectivity index (χ0v) is 9.27. The second kappa shape index (κ2) is 4.67. The Morgan fingerprint density at radius 3 is 3.06 bits per heavy atom. The van der Waals surface area contributed by atoms with Crippen molar-refractivity contribution in [3.05, 3.63) is 23.7 Å². The van der Waals surface area contributed by atoms with Crippen molar-refractivity contribution >= 4 is 5.97 Å². The van der Waals surface area contributed by atoms with Crippen molar-refractivity contribution in [3.8, 4) is 0 Å². The number of likely N-dealkylation sites (tertiary alicyclic amines) is 1. The summed E-state index contributed by atoms with van der Waals surface area (Å²) in [6.07, 6.45) is 1.13. The van der Waals surface area contributed by atoms with Crippen LogP contribution in [0.2, 0.25) is 0 Å². The van der Waals surface area contributed by atoms with Crippen LogP contribution in [0, 0.1) is 0 Å². The molecule has 2 rings (SSSR count). The normalized spacial score (nSPS) is 21.4. The van der Waals surface area contributed by atoms with Gasteiger partial charge in [-0.1, -0.05) is 0 Å². The van der Waals surface area contributed by atoms with Gasteiger partial charge in [0.2, 0.25) is 5.76 Å². The minimum Gasteiger partial charge on any atom is -0.475 e. The monoisotopic (exact) mass is 224 g/mol. The van der Waals surface area contributed by atoms with Gasteiger partial charge in [0.1, 0.15) is 5.76 Å². The standard InChI is InChI=1S/C11H16N2O3/c1-13-5-4-8(7-13)12-6-9-2-3-10(16-9)11(14)15/h2-3,8,12H,4-7H2,1H3,(H,14,15). The highest BCUT2D eigenvalue weighted by molar-refractivity contribution is 5.84. The number of nitrogens with zero attached hydrogens (tertiary/aromatic N) is 1. The fourth-order valence-corrected chi connectivity index (χ4v) is 1.93. The molecular weight excluding hydrogens is 208 g/mol. The van der Waals surface area contributed by atoms with E-state index in [1.807, 2.05) is 0 Å². The zero-order chi connectivity index (χ0) is 11.5. The average molecular weight is 224 g/mol. The van der Waals surface area contributed by atoms with E-state index in [4.69, 9.17) is 9.52 Å². The Hall–Kier alpha value is -1.33. The third kappa shape index (κ3) is 2.62. The number of likely N-dealkylation sites (N-methyl/N-ethyl adjacent to an activating group) is 1. The molecule has 88 valence electrons. The van der Waals surface area contributed by atoms with Gasteiger partial charge >= 0.3 is 5.97 Å². The van der Waals surface area contributed by atoms with Crippen LogP contribution in [0.3, 0.4) is 0 Å². The molecule has 1 aromatic heterocycles. The van der Waals surface area contributed by atoms with Crippen molar-refractivity contribution in [2.24, 2.45) is 0 Å². The van der Waals surface area contributed by atoms with Crippen LogP contribution in [0.4, 0.5) is 0 Å². The van der Waals surface area contributed by atoms with Gasteiger partial charge in [0.05, 0.1) is 6.54 Å². The van der Waals surface area contributed by atoms with Gasteiger partial charge in [-0.3, -0.25) is 0 Å². The minimum atomic E-state index is -1.02. The first kappa shape index (κ1) is 11.2. The first-order valence-corrected chi connectivity index (χ1v) is 5.39. The number of aromatic carboxylic acids is 1. The van der Waals surface area contributed by atoms with Gasteiger partial charge in [-0.15, -0.1) is 0 Å². The van der Waals surface area contributed by atoms with Gasteiger partial charge in [0.15, 0.2) is 0 Å². The van der Waals surface area contributed by atoms with E-state index in [-0.39, 0.29) is 5.76 Å². The molecular formula is C11H16N2O3. The summed E-state index contributed by atoms with van der Waals surface area (Å²) in [6, 6.07) is 3.67. The molecule has 0 aromatic carbocycles. The lowest BCUT2D eigenvalue weighted by atomic mass is 10.2. The van der Waals surface area contributed by atoms with Gasteiger partial charge in [0.25, 0.3) is 0 Å². The Bertz CT molecular complexity index is 375. The van der Waals surface area contributed by atoms with Crippen LogP contribution >= 0.6 is 0 Å². The second-order valence-electron chi connectivity index (χ2n) is 4.20. The molecule has 0 radical (unpaired) electrons. The lowest BCUT2D eigenvalue weighted by molar-refractivity contribution is 0.0660. The number of carboxylic acid groups (broad SMARTS) is 1. The van der Waals surface area contributed by atoms with Crippen LogP contribution in [0.25, 0.3) is 0 Å². The number of carbonyl (C=O) groups is 1. The summed E-state index contributed by atoms with van der Waals surface area (Å²) in [5.74, 6) is -0.348. The molecule has 1 fully saturated rings. The summed E-state index contributed by atoms with van der Waals surface area (Å²) in [6.45, 7) is 2.73. The van der Waals surface area contributed by atoms with E-state index in [1.54, 1.807) is 6.07 Å². The molecule has 0 saturated carbocycles. The van der Waals surface area contributed by atoms with E-state index < -0.39 is 5.97 Å². The number of rotatable bonds is 4. The molecule has 0 bridgehead atoms. The molecule has 1 unspecified atom stereocenters. The molecule has 1 aliphatic heterocycles. The van der Waals surface area contributed by atoms with E-state index >= 15 is 0 Å². The lowest BCUT2D eigenvalue weighted by Crippen LogP contribution is -2.30.